The summed E-state index contributed by atoms with van der Waals surface area (Å²) in [6.07, 6.45) is 0. The van der Waals surface area contributed by atoms with Gasteiger partial charge in [-0.25, -0.2) is 0 Å². The first-order valence-electron chi connectivity index (χ1n) is 5.71. The van der Waals surface area contributed by atoms with Gasteiger partial charge in [-0.15, -0.1) is 0 Å². The van der Waals surface area contributed by atoms with E-state index in [1.54, 1.807) is 0 Å². The fourth-order valence-electron chi connectivity index (χ4n) is 2.15. The van der Waals surface area contributed by atoms with Crippen LogP contribution >= 0.6 is 0 Å². The van der Waals surface area contributed by atoms with Gasteiger partial charge in [0.15, 0.2) is 11.5 Å². The second-order valence-corrected chi connectivity index (χ2v) is 4.26. The van der Waals surface area contributed by atoms with E-state index in [0.717, 1.165) is 0 Å². The zero-order valence-corrected chi connectivity index (χ0v) is 10.4. The lowest BCUT2D eigenvalue weighted by Crippen LogP contribution is -2.03. The number of hydrogen-bond acceptors (Lipinski definition) is 6. The Labute approximate surface area is 112 Å². The summed E-state index contributed by atoms with van der Waals surface area (Å²) in [4.78, 5) is 12.4. The molecule has 3 N–H and O–H groups in total. The molecule has 20 heavy (non-hydrogen) atoms. The number of benzene rings is 2. The van der Waals surface area contributed by atoms with Crippen molar-refractivity contribution in [3.63, 3.8) is 0 Å². The van der Waals surface area contributed by atoms with Gasteiger partial charge in [0, 0.05) is 6.07 Å². The zero-order chi connectivity index (χ0) is 14.4. The molecule has 1 aromatic heterocycles. The molecule has 0 fully saturated rings. The summed E-state index contributed by atoms with van der Waals surface area (Å²) in [6.45, 7) is 0. The molecule has 0 saturated carbocycles. The van der Waals surface area contributed by atoms with Crippen molar-refractivity contribution in [1.82, 2.24) is 0 Å². The summed E-state index contributed by atoms with van der Waals surface area (Å²) in [5.41, 5.74) is -0.249. The average Bonchev–Trinajstić information content (AvgIpc) is 2.40. The fraction of sp³-hybridized carbons (Fsp3) is 0.0714. The van der Waals surface area contributed by atoms with Gasteiger partial charge in [0.2, 0.25) is 11.2 Å². The van der Waals surface area contributed by atoms with Crippen LogP contribution in [0.2, 0.25) is 0 Å². The molecule has 6 nitrogen and oxygen atoms in total. The molecule has 0 unspecified atom stereocenters. The van der Waals surface area contributed by atoms with Crippen LogP contribution in [-0.4, -0.2) is 22.4 Å². The van der Waals surface area contributed by atoms with Crippen LogP contribution in [-0.2, 0) is 0 Å². The first-order chi connectivity index (χ1) is 9.52. The average molecular weight is 274 g/mol. The molecule has 0 spiro atoms. The number of phenolic OH excluding ortho intramolecular Hbond substituents is 3. The summed E-state index contributed by atoms with van der Waals surface area (Å²) in [5.74, 6) is -1.13. The maximum Gasteiger partial charge on any atom is 0.204 e. The van der Waals surface area contributed by atoms with Gasteiger partial charge < -0.3 is 24.5 Å². The molecule has 0 radical (unpaired) electrons. The van der Waals surface area contributed by atoms with Gasteiger partial charge in [-0.05, 0) is 18.2 Å². The molecule has 102 valence electrons. The van der Waals surface area contributed by atoms with Gasteiger partial charge in [0.25, 0.3) is 0 Å². The lowest BCUT2D eigenvalue weighted by atomic mass is 10.1. The number of hydrogen-bond donors (Lipinski definition) is 3. The van der Waals surface area contributed by atoms with E-state index in [9.17, 15) is 20.1 Å². The van der Waals surface area contributed by atoms with Gasteiger partial charge in [-0.1, -0.05) is 0 Å². The number of rotatable bonds is 1. The van der Waals surface area contributed by atoms with Crippen LogP contribution in [0.5, 0.6) is 23.0 Å². The van der Waals surface area contributed by atoms with Crippen molar-refractivity contribution in [2.45, 2.75) is 0 Å². The van der Waals surface area contributed by atoms with Crippen molar-refractivity contribution in [2.24, 2.45) is 0 Å². The van der Waals surface area contributed by atoms with E-state index in [1.165, 1.54) is 31.4 Å². The minimum absolute atomic E-state index is 0.0315. The molecule has 0 aliphatic rings. The lowest BCUT2D eigenvalue weighted by Gasteiger charge is -2.09. The van der Waals surface area contributed by atoms with E-state index in [0.29, 0.717) is 0 Å². The maximum atomic E-state index is 12.4. The summed E-state index contributed by atoms with van der Waals surface area (Å²) in [6, 6.07) is 5.26. The predicted molar refractivity (Wildman–Crippen MR) is 71.5 cm³/mol. The third kappa shape index (κ3) is 1.55. The molecule has 0 aliphatic carbocycles. The Hall–Kier alpha value is -2.89. The van der Waals surface area contributed by atoms with E-state index in [-0.39, 0.29) is 39.2 Å². The molecular weight excluding hydrogens is 264 g/mol. The van der Waals surface area contributed by atoms with Crippen molar-refractivity contribution in [3.8, 4) is 23.0 Å². The summed E-state index contributed by atoms with van der Waals surface area (Å²) in [7, 11) is 1.26. The fourth-order valence-corrected chi connectivity index (χ4v) is 2.15. The zero-order valence-electron chi connectivity index (χ0n) is 10.4. The Balaban J connectivity index is 2.58. The van der Waals surface area contributed by atoms with Crippen molar-refractivity contribution >= 4 is 21.9 Å². The van der Waals surface area contributed by atoms with Crippen LogP contribution in [0.15, 0.2) is 33.5 Å². The molecule has 0 saturated heterocycles. The molecule has 1 heterocycles. The molecule has 3 aromatic rings. The second-order valence-electron chi connectivity index (χ2n) is 4.26. The number of aromatic hydroxyl groups is 3. The smallest absolute Gasteiger partial charge is 0.204 e. The molecule has 0 atom stereocenters. The quantitative estimate of drug-likeness (QED) is 0.587. The summed E-state index contributed by atoms with van der Waals surface area (Å²) < 4.78 is 10.3. The monoisotopic (exact) mass is 274 g/mol. The first-order valence-corrected chi connectivity index (χ1v) is 5.71. The van der Waals surface area contributed by atoms with Gasteiger partial charge >= 0.3 is 0 Å². The van der Waals surface area contributed by atoms with E-state index in [2.05, 4.69) is 0 Å². The highest BCUT2D eigenvalue weighted by Crippen LogP contribution is 2.41. The highest BCUT2D eigenvalue weighted by molar-refractivity contribution is 5.96. The third-order valence-corrected chi connectivity index (χ3v) is 3.06. The number of methoxy groups -OCH3 is 1. The van der Waals surface area contributed by atoms with Crippen molar-refractivity contribution in [1.29, 1.82) is 0 Å². The maximum absolute atomic E-state index is 12.4. The van der Waals surface area contributed by atoms with Crippen LogP contribution in [0.25, 0.3) is 21.9 Å². The Morgan fingerprint density at radius 1 is 1.10 bits per heavy atom. The van der Waals surface area contributed by atoms with Crippen LogP contribution < -0.4 is 10.2 Å². The van der Waals surface area contributed by atoms with Crippen molar-refractivity contribution < 1.29 is 24.5 Å². The molecule has 0 amide bonds. The Morgan fingerprint density at radius 3 is 2.55 bits per heavy atom. The summed E-state index contributed by atoms with van der Waals surface area (Å²) in [5, 5.41) is 29.2. The minimum atomic E-state index is -0.520. The van der Waals surface area contributed by atoms with E-state index < -0.39 is 11.2 Å². The molecule has 0 bridgehead atoms. The van der Waals surface area contributed by atoms with E-state index >= 15 is 0 Å². The highest BCUT2D eigenvalue weighted by Gasteiger charge is 2.19. The number of fused-ring (bicyclic) bond motifs is 2. The molecule has 2 aromatic carbocycles. The van der Waals surface area contributed by atoms with Gasteiger partial charge in [0.1, 0.15) is 22.3 Å². The molecule has 6 heteroatoms. The summed E-state index contributed by atoms with van der Waals surface area (Å²) >= 11 is 0. The van der Waals surface area contributed by atoms with Crippen LogP contribution in [0, 0.1) is 0 Å². The largest absolute Gasteiger partial charge is 0.508 e. The first kappa shape index (κ1) is 12.2. The molecule has 0 aliphatic heterocycles. The Kier molecular flexibility index (Phi) is 2.47. The predicted octanol–water partition coefficient (Wildman–Crippen LogP) is 2.07. The van der Waals surface area contributed by atoms with Crippen molar-refractivity contribution in [2.75, 3.05) is 7.11 Å². The van der Waals surface area contributed by atoms with E-state index in [4.69, 9.17) is 9.15 Å². The number of phenols is 3. The molecular formula is C14H10O6. The minimum Gasteiger partial charge on any atom is -0.508 e. The normalized spacial score (nSPS) is 11.1. The van der Waals surface area contributed by atoms with Gasteiger partial charge in [0.05, 0.1) is 12.5 Å². The topological polar surface area (TPSA) is 100 Å². The SMILES string of the molecule is COc1c(O)cc2oc3ccc(O)cc3c(=O)c2c1O. The standard InChI is InChI=1S/C14H10O6/c1-19-14-8(16)5-10-11(13(14)18)12(17)7-4-6(15)2-3-9(7)20-10/h2-5,15-16,18H,1H3. The molecule has 3 rings (SSSR count). The van der Waals surface area contributed by atoms with Crippen LogP contribution in [0.1, 0.15) is 0 Å². The van der Waals surface area contributed by atoms with Gasteiger partial charge in [-0.2, -0.15) is 0 Å². The van der Waals surface area contributed by atoms with Crippen LogP contribution in [0.3, 0.4) is 0 Å². The highest BCUT2D eigenvalue weighted by atomic mass is 16.5. The second kappa shape index (κ2) is 4.06. The van der Waals surface area contributed by atoms with E-state index in [1.807, 2.05) is 0 Å². The Bertz CT molecular complexity index is 894. The number of ether oxygens (including phenoxy) is 1. The van der Waals surface area contributed by atoms with Crippen LogP contribution in [0.4, 0.5) is 0 Å². The Morgan fingerprint density at radius 2 is 1.85 bits per heavy atom. The van der Waals surface area contributed by atoms with Crippen molar-refractivity contribution in [3.05, 3.63) is 34.5 Å². The van der Waals surface area contributed by atoms with Gasteiger partial charge in [-0.3, -0.25) is 4.79 Å². The lowest BCUT2D eigenvalue weighted by molar-refractivity contribution is 0.346. The third-order valence-electron chi connectivity index (χ3n) is 3.06.